The summed E-state index contributed by atoms with van der Waals surface area (Å²) in [5.41, 5.74) is 2.69. The number of hydrogen-bond acceptors (Lipinski definition) is 1. The second kappa shape index (κ2) is 5.00. The average Bonchev–Trinajstić information content (AvgIpc) is 2.54. The molecule has 2 nitrogen and oxygen atoms in total. The Bertz CT molecular complexity index is 1060. The molecule has 0 saturated heterocycles. The number of benzene rings is 3. The van der Waals surface area contributed by atoms with Gasteiger partial charge in [0.25, 0.3) is 0 Å². The Balaban J connectivity index is 2.06. The average molecular weight is 306 g/mol. The molecule has 3 heteroatoms. The summed E-state index contributed by atoms with van der Waals surface area (Å²) in [7, 11) is 0. The highest BCUT2D eigenvalue weighted by Crippen LogP contribution is 2.35. The summed E-state index contributed by atoms with van der Waals surface area (Å²) in [4.78, 5) is 14.2. The highest BCUT2D eigenvalue weighted by Gasteiger charge is 2.09. The Morgan fingerprint density at radius 3 is 2.50 bits per heavy atom. The van der Waals surface area contributed by atoms with Gasteiger partial charge in [-0.3, -0.25) is 4.79 Å². The number of nitrogens with one attached hydrogen (secondary N) is 1. The molecule has 0 aliphatic heterocycles. The summed E-state index contributed by atoms with van der Waals surface area (Å²) >= 11 is 6.47. The maximum absolute atomic E-state index is 11.4. The lowest BCUT2D eigenvalue weighted by Crippen LogP contribution is -2.02. The van der Waals surface area contributed by atoms with Crippen molar-refractivity contribution in [3.05, 3.63) is 82.1 Å². The van der Waals surface area contributed by atoms with Crippen LogP contribution in [-0.2, 0) is 0 Å². The Morgan fingerprint density at radius 1 is 0.773 bits per heavy atom. The molecular weight excluding hydrogens is 294 g/mol. The van der Waals surface area contributed by atoms with E-state index in [0.717, 1.165) is 27.4 Å². The lowest BCUT2D eigenvalue weighted by Gasteiger charge is -2.10. The van der Waals surface area contributed by atoms with Crippen molar-refractivity contribution < 1.29 is 0 Å². The van der Waals surface area contributed by atoms with Crippen LogP contribution in [0.2, 0.25) is 5.02 Å². The van der Waals surface area contributed by atoms with Gasteiger partial charge in [-0.25, -0.2) is 0 Å². The van der Waals surface area contributed by atoms with Crippen LogP contribution in [0.1, 0.15) is 0 Å². The zero-order valence-electron chi connectivity index (χ0n) is 11.6. The minimum atomic E-state index is -0.124. The van der Waals surface area contributed by atoms with Crippen molar-refractivity contribution in [2.45, 2.75) is 0 Å². The SMILES string of the molecule is O=c1ccc2cc(-c3cccc4ccccc34)c(Cl)cc2[nH]1. The van der Waals surface area contributed by atoms with E-state index in [0.29, 0.717) is 5.02 Å². The lowest BCUT2D eigenvalue weighted by atomic mass is 9.97. The smallest absolute Gasteiger partial charge is 0.248 e. The van der Waals surface area contributed by atoms with E-state index in [1.54, 1.807) is 0 Å². The van der Waals surface area contributed by atoms with Gasteiger partial charge in [0, 0.05) is 17.1 Å². The third-order valence-electron chi connectivity index (χ3n) is 3.89. The summed E-state index contributed by atoms with van der Waals surface area (Å²) in [6.45, 7) is 0. The topological polar surface area (TPSA) is 32.9 Å². The monoisotopic (exact) mass is 305 g/mol. The third-order valence-corrected chi connectivity index (χ3v) is 4.20. The molecule has 1 heterocycles. The van der Waals surface area contributed by atoms with Crippen LogP contribution in [0, 0.1) is 0 Å². The number of H-pyrrole nitrogens is 1. The van der Waals surface area contributed by atoms with E-state index in [9.17, 15) is 4.79 Å². The molecule has 4 rings (SSSR count). The molecule has 0 spiro atoms. The number of halogens is 1. The van der Waals surface area contributed by atoms with Crippen LogP contribution >= 0.6 is 11.6 Å². The number of aromatic amines is 1. The van der Waals surface area contributed by atoms with Crippen molar-refractivity contribution in [1.82, 2.24) is 4.98 Å². The first kappa shape index (κ1) is 13.1. The van der Waals surface area contributed by atoms with Crippen LogP contribution in [0.3, 0.4) is 0 Å². The summed E-state index contributed by atoms with van der Waals surface area (Å²) in [6, 6.07) is 21.6. The van der Waals surface area contributed by atoms with E-state index < -0.39 is 0 Å². The largest absolute Gasteiger partial charge is 0.322 e. The van der Waals surface area contributed by atoms with Crippen LogP contribution in [0.25, 0.3) is 32.8 Å². The van der Waals surface area contributed by atoms with Gasteiger partial charge in [-0.15, -0.1) is 0 Å². The van der Waals surface area contributed by atoms with Crippen LogP contribution in [0.15, 0.2) is 71.5 Å². The van der Waals surface area contributed by atoms with Crippen molar-refractivity contribution in [2.24, 2.45) is 0 Å². The van der Waals surface area contributed by atoms with E-state index in [-0.39, 0.29) is 5.56 Å². The molecule has 3 aromatic carbocycles. The maximum Gasteiger partial charge on any atom is 0.248 e. The van der Waals surface area contributed by atoms with Crippen molar-refractivity contribution in [2.75, 3.05) is 0 Å². The molecule has 0 amide bonds. The highest BCUT2D eigenvalue weighted by molar-refractivity contribution is 6.34. The number of aromatic nitrogens is 1. The Kier molecular flexibility index (Phi) is 2.98. The normalized spacial score (nSPS) is 11.1. The minimum absolute atomic E-state index is 0.124. The molecular formula is C19H12ClNO. The van der Waals surface area contributed by atoms with Crippen molar-refractivity contribution in [3.63, 3.8) is 0 Å². The van der Waals surface area contributed by atoms with Crippen LogP contribution in [-0.4, -0.2) is 4.98 Å². The van der Waals surface area contributed by atoms with Crippen LogP contribution in [0.5, 0.6) is 0 Å². The van der Waals surface area contributed by atoms with Gasteiger partial charge < -0.3 is 4.98 Å². The fourth-order valence-corrected chi connectivity index (χ4v) is 3.11. The van der Waals surface area contributed by atoms with Crippen molar-refractivity contribution in [1.29, 1.82) is 0 Å². The molecule has 0 bridgehead atoms. The van der Waals surface area contributed by atoms with Gasteiger partial charge >= 0.3 is 0 Å². The van der Waals surface area contributed by atoms with Crippen molar-refractivity contribution >= 4 is 33.3 Å². The van der Waals surface area contributed by atoms with E-state index in [4.69, 9.17) is 11.6 Å². The molecule has 22 heavy (non-hydrogen) atoms. The number of hydrogen-bond donors (Lipinski definition) is 1. The Hall–Kier alpha value is -2.58. The molecule has 0 atom stereocenters. The molecule has 0 aliphatic carbocycles. The summed E-state index contributed by atoms with van der Waals surface area (Å²) < 4.78 is 0. The molecule has 1 aromatic heterocycles. The van der Waals surface area contributed by atoms with Crippen LogP contribution < -0.4 is 5.56 Å². The van der Waals surface area contributed by atoms with Crippen LogP contribution in [0.4, 0.5) is 0 Å². The van der Waals surface area contributed by atoms with Gasteiger partial charge in [-0.2, -0.15) is 0 Å². The number of pyridine rings is 1. The second-order valence-corrected chi connectivity index (χ2v) is 5.68. The predicted octanol–water partition coefficient (Wildman–Crippen LogP) is 5.00. The Morgan fingerprint density at radius 2 is 1.59 bits per heavy atom. The van der Waals surface area contributed by atoms with Gasteiger partial charge in [-0.1, -0.05) is 54.1 Å². The summed E-state index contributed by atoms with van der Waals surface area (Å²) in [6.07, 6.45) is 0. The van der Waals surface area contributed by atoms with Gasteiger partial charge in [0.15, 0.2) is 0 Å². The first-order valence-electron chi connectivity index (χ1n) is 7.03. The number of fused-ring (bicyclic) bond motifs is 2. The zero-order valence-corrected chi connectivity index (χ0v) is 12.4. The second-order valence-electron chi connectivity index (χ2n) is 5.27. The van der Waals surface area contributed by atoms with Gasteiger partial charge in [-0.05, 0) is 39.9 Å². The molecule has 106 valence electrons. The zero-order chi connectivity index (χ0) is 15.1. The molecule has 4 aromatic rings. The predicted molar refractivity (Wildman–Crippen MR) is 92.5 cm³/mol. The number of rotatable bonds is 1. The summed E-state index contributed by atoms with van der Waals surface area (Å²) in [5, 5.41) is 3.94. The van der Waals surface area contributed by atoms with E-state index >= 15 is 0 Å². The van der Waals surface area contributed by atoms with E-state index in [1.165, 1.54) is 11.5 Å². The van der Waals surface area contributed by atoms with Crippen molar-refractivity contribution in [3.8, 4) is 11.1 Å². The minimum Gasteiger partial charge on any atom is -0.322 e. The molecule has 0 unspecified atom stereocenters. The van der Waals surface area contributed by atoms with E-state index in [2.05, 4.69) is 29.2 Å². The van der Waals surface area contributed by atoms with Gasteiger partial charge in [0.05, 0.1) is 5.02 Å². The molecule has 0 fully saturated rings. The first-order chi connectivity index (χ1) is 10.7. The van der Waals surface area contributed by atoms with Gasteiger partial charge in [0.1, 0.15) is 0 Å². The third kappa shape index (κ3) is 2.09. The molecule has 1 N–H and O–H groups in total. The first-order valence-corrected chi connectivity index (χ1v) is 7.41. The summed E-state index contributed by atoms with van der Waals surface area (Å²) in [5.74, 6) is 0. The Labute approximate surface area is 132 Å². The quantitative estimate of drug-likeness (QED) is 0.527. The molecule has 0 aliphatic rings. The highest BCUT2D eigenvalue weighted by atomic mass is 35.5. The maximum atomic E-state index is 11.4. The fourth-order valence-electron chi connectivity index (χ4n) is 2.84. The van der Waals surface area contributed by atoms with Gasteiger partial charge in [0.2, 0.25) is 5.56 Å². The van der Waals surface area contributed by atoms with E-state index in [1.807, 2.05) is 36.4 Å². The standard InChI is InChI=1S/C19H12ClNO/c20-17-11-18-13(8-9-19(22)21-18)10-16(17)15-7-3-5-12-4-1-2-6-14(12)15/h1-11H,(H,21,22). The molecule has 0 saturated carbocycles. The fraction of sp³-hybridized carbons (Fsp3) is 0. The molecule has 0 radical (unpaired) electrons. The lowest BCUT2D eigenvalue weighted by molar-refractivity contribution is 1.31.